The van der Waals surface area contributed by atoms with Crippen LogP contribution in [0.1, 0.15) is 47.0 Å². The lowest BCUT2D eigenvalue weighted by Gasteiger charge is -2.45. The highest BCUT2D eigenvalue weighted by molar-refractivity contribution is 5.28. The van der Waals surface area contributed by atoms with Gasteiger partial charge in [-0.25, -0.2) is 0 Å². The molecule has 0 aromatic heterocycles. The Morgan fingerprint density at radius 2 is 1.93 bits per heavy atom. The van der Waals surface area contributed by atoms with Crippen LogP contribution in [0.25, 0.3) is 0 Å². The molecular weight excluding hydrogens is 172 g/mol. The summed E-state index contributed by atoms with van der Waals surface area (Å²) in [5.74, 6) is 0.675. The monoisotopic (exact) mass is 194 g/mol. The maximum absolute atomic E-state index is 10.8. The van der Waals surface area contributed by atoms with Crippen molar-refractivity contribution in [2.45, 2.75) is 52.6 Å². The quantitative estimate of drug-likeness (QED) is 0.636. The van der Waals surface area contributed by atoms with Crippen LogP contribution in [0.5, 0.6) is 0 Å². The molecule has 0 spiro atoms. The molecule has 0 amide bonds. The van der Waals surface area contributed by atoms with E-state index >= 15 is 0 Å². The van der Waals surface area contributed by atoms with E-state index in [4.69, 9.17) is 0 Å². The maximum Gasteiger partial charge on any atom is 0.0912 e. The molecule has 1 nitrogen and oxygen atoms in total. The first-order valence-corrected chi connectivity index (χ1v) is 5.64. The first-order valence-electron chi connectivity index (χ1n) is 5.64. The Kier molecular flexibility index (Phi) is 1.78. The van der Waals surface area contributed by atoms with E-state index in [-0.39, 0.29) is 10.8 Å². The summed E-state index contributed by atoms with van der Waals surface area (Å²) in [6.07, 6.45) is 3.35. The molecule has 2 saturated carbocycles. The molecule has 0 heterocycles. The van der Waals surface area contributed by atoms with E-state index < -0.39 is 5.60 Å². The van der Waals surface area contributed by atoms with Gasteiger partial charge in [-0.3, -0.25) is 0 Å². The van der Waals surface area contributed by atoms with Gasteiger partial charge in [0, 0.05) is 5.41 Å². The van der Waals surface area contributed by atoms with Gasteiger partial charge < -0.3 is 5.11 Å². The Morgan fingerprint density at radius 1 is 1.36 bits per heavy atom. The number of fused-ring (bicyclic) bond motifs is 2. The summed E-state index contributed by atoms with van der Waals surface area (Å²) in [6, 6.07) is 0. The number of rotatable bonds is 1. The van der Waals surface area contributed by atoms with Gasteiger partial charge in [0.05, 0.1) is 5.60 Å². The van der Waals surface area contributed by atoms with Crippen LogP contribution in [0, 0.1) is 16.7 Å². The first kappa shape index (κ1) is 10.2. The molecule has 2 bridgehead atoms. The topological polar surface area (TPSA) is 20.2 Å². The standard InChI is InChI=1S/C13H22O/c1-9(2)13(14)8-10-6-7-12(13,5)11(10,3)4/h10,14H,1,6-8H2,2-5H3/t10-,12-,13+/m0/s1. The van der Waals surface area contributed by atoms with E-state index in [9.17, 15) is 5.11 Å². The predicted molar refractivity (Wildman–Crippen MR) is 59.0 cm³/mol. The van der Waals surface area contributed by atoms with Crippen LogP contribution in [0.2, 0.25) is 0 Å². The molecule has 0 aliphatic heterocycles. The van der Waals surface area contributed by atoms with Gasteiger partial charge in [0.25, 0.3) is 0 Å². The number of hydrogen-bond donors (Lipinski definition) is 1. The van der Waals surface area contributed by atoms with Crippen LogP contribution in [-0.4, -0.2) is 10.7 Å². The Hall–Kier alpha value is -0.300. The SMILES string of the molecule is C=C(C)[C@]1(O)C[C@@H]2CC[C@@]1(C)C2(C)C. The smallest absolute Gasteiger partial charge is 0.0912 e. The Bertz CT molecular complexity index is 292. The van der Waals surface area contributed by atoms with Gasteiger partial charge >= 0.3 is 0 Å². The van der Waals surface area contributed by atoms with Crippen LogP contribution < -0.4 is 0 Å². The molecule has 1 N–H and O–H groups in total. The summed E-state index contributed by atoms with van der Waals surface area (Å²) in [5.41, 5.74) is 0.645. The lowest BCUT2D eigenvalue weighted by Crippen LogP contribution is -2.47. The second-order valence-corrected chi connectivity index (χ2v) is 6.13. The highest BCUT2D eigenvalue weighted by Gasteiger charge is 2.68. The minimum atomic E-state index is -0.612. The molecule has 0 aromatic carbocycles. The largest absolute Gasteiger partial charge is 0.385 e. The van der Waals surface area contributed by atoms with Crippen molar-refractivity contribution >= 4 is 0 Å². The number of aliphatic hydroxyl groups is 1. The summed E-state index contributed by atoms with van der Waals surface area (Å²) < 4.78 is 0. The minimum absolute atomic E-state index is 0.0382. The number of hydrogen-bond acceptors (Lipinski definition) is 1. The molecule has 2 rings (SSSR count). The van der Waals surface area contributed by atoms with E-state index in [1.165, 1.54) is 6.42 Å². The Labute approximate surface area is 87.2 Å². The average Bonchev–Trinajstić information content (AvgIpc) is 2.36. The van der Waals surface area contributed by atoms with Crippen LogP contribution in [0.4, 0.5) is 0 Å². The van der Waals surface area contributed by atoms with Crippen LogP contribution in [0.3, 0.4) is 0 Å². The summed E-state index contributed by atoms with van der Waals surface area (Å²) in [4.78, 5) is 0. The highest BCUT2D eigenvalue weighted by atomic mass is 16.3. The fraction of sp³-hybridized carbons (Fsp3) is 0.846. The van der Waals surface area contributed by atoms with Gasteiger partial charge in [-0.2, -0.15) is 0 Å². The third-order valence-electron chi connectivity index (χ3n) is 5.60. The van der Waals surface area contributed by atoms with E-state index in [0.29, 0.717) is 5.92 Å². The molecule has 14 heavy (non-hydrogen) atoms. The lowest BCUT2D eigenvalue weighted by atomic mass is 9.62. The van der Waals surface area contributed by atoms with E-state index in [0.717, 1.165) is 18.4 Å². The summed E-state index contributed by atoms with van der Waals surface area (Å²) >= 11 is 0. The van der Waals surface area contributed by atoms with Gasteiger partial charge in [-0.1, -0.05) is 27.4 Å². The fourth-order valence-electron chi connectivity index (χ4n) is 3.92. The van der Waals surface area contributed by atoms with Crippen LogP contribution >= 0.6 is 0 Å². The molecular formula is C13H22O. The Balaban J connectivity index is 2.50. The molecule has 0 aromatic rings. The molecule has 0 unspecified atom stereocenters. The van der Waals surface area contributed by atoms with Gasteiger partial charge in [0.2, 0.25) is 0 Å². The van der Waals surface area contributed by atoms with Crippen molar-refractivity contribution in [3.8, 4) is 0 Å². The molecule has 2 aliphatic carbocycles. The second-order valence-electron chi connectivity index (χ2n) is 6.13. The lowest BCUT2D eigenvalue weighted by molar-refractivity contribution is -0.0596. The zero-order valence-corrected chi connectivity index (χ0v) is 9.85. The van der Waals surface area contributed by atoms with Crippen molar-refractivity contribution in [2.24, 2.45) is 16.7 Å². The zero-order valence-electron chi connectivity index (χ0n) is 9.85. The average molecular weight is 194 g/mol. The first-order chi connectivity index (χ1) is 6.26. The van der Waals surface area contributed by atoms with Crippen molar-refractivity contribution < 1.29 is 5.11 Å². The summed E-state index contributed by atoms with van der Waals surface area (Å²) in [5, 5.41) is 10.8. The molecule has 2 aliphatic rings. The second kappa shape index (κ2) is 2.44. The van der Waals surface area contributed by atoms with Gasteiger partial charge in [0.15, 0.2) is 0 Å². The van der Waals surface area contributed by atoms with Crippen LogP contribution in [0.15, 0.2) is 12.2 Å². The van der Waals surface area contributed by atoms with E-state index in [1.807, 2.05) is 6.92 Å². The Morgan fingerprint density at radius 3 is 2.14 bits per heavy atom. The molecule has 1 heteroatoms. The third-order valence-corrected chi connectivity index (χ3v) is 5.60. The summed E-state index contributed by atoms with van der Waals surface area (Å²) in [7, 11) is 0. The van der Waals surface area contributed by atoms with Gasteiger partial charge in [-0.15, -0.1) is 0 Å². The van der Waals surface area contributed by atoms with Crippen LogP contribution in [-0.2, 0) is 0 Å². The van der Waals surface area contributed by atoms with Gasteiger partial charge in [-0.05, 0) is 43.1 Å². The van der Waals surface area contributed by atoms with Crippen molar-refractivity contribution in [3.05, 3.63) is 12.2 Å². The minimum Gasteiger partial charge on any atom is -0.385 e. The van der Waals surface area contributed by atoms with Crippen molar-refractivity contribution in [1.82, 2.24) is 0 Å². The third kappa shape index (κ3) is 0.809. The van der Waals surface area contributed by atoms with Crippen molar-refractivity contribution in [3.63, 3.8) is 0 Å². The molecule has 0 radical (unpaired) electrons. The predicted octanol–water partition coefficient (Wildman–Crippen LogP) is 3.14. The zero-order chi connectivity index (χ0) is 10.8. The maximum atomic E-state index is 10.8. The van der Waals surface area contributed by atoms with Crippen molar-refractivity contribution in [1.29, 1.82) is 0 Å². The normalized spacial score (nSPS) is 49.6. The molecule has 0 saturated heterocycles. The molecule has 80 valence electrons. The summed E-state index contributed by atoms with van der Waals surface area (Å²) in [6.45, 7) is 12.8. The van der Waals surface area contributed by atoms with Crippen molar-refractivity contribution in [2.75, 3.05) is 0 Å². The van der Waals surface area contributed by atoms with Gasteiger partial charge in [0.1, 0.15) is 0 Å². The van der Waals surface area contributed by atoms with E-state index in [1.54, 1.807) is 0 Å². The highest BCUT2D eigenvalue weighted by Crippen LogP contribution is 2.70. The molecule has 2 fully saturated rings. The molecule has 3 atom stereocenters. The van der Waals surface area contributed by atoms with E-state index in [2.05, 4.69) is 27.4 Å². The fourth-order valence-corrected chi connectivity index (χ4v) is 3.92.